The molecule has 3 N–H and O–H groups in total. The second-order valence-corrected chi connectivity index (χ2v) is 3.07. The Morgan fingerprint density at radius 3 is 2.85 bits per heavy atom. The second kappa shape index (κ2) is 9.71. The Morgan fingerprint density at radius 1 is 1.54 bits per heavy atom. The van der Waals surface area contributed by atoms with Gasteiger partial charge in [0, 0.05) is 19.3 Å². The molecule has 0 aromatic rings. The minimum absolute atomic E-state index is 0.381. The van der Waals surface area contributed by atoms with Crippen LogP contribution in [0.1, 0.15) is 32.6 Å². The number of nitrogens with one attached hydrogen (secondary N) is 1. The summed E-state index contributed by atoms with van der Waals surface area (Å²) in [7, 11) is 0. The number of allylic oxidation sites excluding steroid dienone is 1. The third-order valence-electron chi connectivity index (χ3n) is 2.01. The van der Waals surface area contributed by atoms with Gasteiger partial charge in [0.1, 0.15) is 0 Å². The molecular weight excluding hydrogens is 164 g/mol. The van der Waals surface area contributed by atoms with Crippen molar-refractivity contribution in [1.29, 1.82) is 0 Å². The van der Waals surface area contributed by atoms with E-state index in [0.717, 1.165) is 38.9 Å². The van der Waals surface area contributed by atoms with E-state index in [0.29, 0.717) is 6.04 Å². The molecule has 0 aliphatic heterocycles. The van der Waals surface area contributed by atoms with Gasteiger partial charge < -0.3 is 4.74 Å². The molecule has 0 aromatic heterocycles. The fourth-order valence-corrected chi connectivity index (χ4v) is 1.19. The molecule has 3 heteroatoms. The Labute approximate surface area is 81.3 Å². The fourth-order valence-electron chi connectivity index (χ4n) is 1.19. The maximum Gasteiger partial charge on any atom is 0.0481 e. The van der Waals surface area contributed by atoms with Gasteiger partial charge in [-0.3, -0.25) is 11.3 Å². The Kier molecular flexibility index (Phi) is 9.42. The standard InChI is InChI=1S/C10H22N2O/c1-3-5-6-7-10(12-11)8-9-13-4-2/h3,10,12H,1,4-9,11H2,2H3. The molecule has 0 saturated carbocycles. The predicted octanol–water partition coefficient (Wildman–Crippen LogP) is 1.60. The highest BCUT2D eigenvalue weighted by Gasteiger charge is 2.04. The van der Waals surface area contributed by atoms with E-state index in [1.807, 2.05) is 13.0 Å². The van der Waals surface area contributed by atoms with Crippen molar-refractivity contribution < 1.29 is 4.74 Å². The van der Waals surface area contributed by atoms with Crippen molar-refractivity contribution in [1.82, 2.24) is 5.43 Å². The quantitative estimate of drug-likeness (QED) is 0.249. The van der Waals surface area contributed by atoms with Gasteiger partial charge in [-0.15, -0.1) is 6.58 Å². The van der Waals surface area contributed by atoms with E-state index in [9.17, 15) is 0 Å². The molecule has 0 fully saturated rings. The average molecular weight is 186 g/mol. The Bertz CT molecular complexity index is 117. The molecule has 0 aliphatic carbocycles. The van der Waals surface area contributed by atoms with Crippen LogP contribution in [0.5, 0.6) is 0 Å². The molecule has 0 bridgehead atoms. The summed E-state index contributed by atoms with van der Waals surface area (Å²) in [6.07, 6.45) is 6.23. The van der Waals surface area contributed by atoms with Crippen molar-refractivity contribution in [3.05, 3.63) is 12.7 Å². The summed E-state index contributed by atoms with van der Waals surface area (Å²) < 4.78 is 5.26. The molecule has 3 nitrogen and oxygen atoms in total. The van der Waals surface area contributed by atoms with E-state index in [2.05, 4.69) is 12.0 Å². The molecule has 0 aromatic carbocycles. The van der Waals surface area contributed by atoms with E-state index >= 15 is 0 Å². The molecule has 13 heavy (non-hydrogen) atoms. The van der Waals surface area contributed by atoms with Gasteiger partial charge in [0.25, 0.3) is 0 Å². The van der Waals surface area contributed by atoms with Crippen LogP contribution in [0.15, 0.2) is 12.7 Å². The van der Waals surface area contributed by atoms with Gasteiger partial charge in [0.15, 0.2) is 0 Å². The molecule has 0 saturated heterocycles. The third kappa shape index (κ3) is 7.96. The fraction of sp³-hybridized carbons (Fsp3) is 0.800. The number of ether oxygens (including phenoxy) is 1. The van der Waals surface area contributed by atoms with Crippen molar-refractivity contribution in [2.45, 2.75) is 38.6 Å². The first-order valence-corrected chi connectivity index (χ1v) is 4.99. The van der Waals surface area contributed by atoms with Crippen LogP contribution >= 0.6 is 0 Å². The predicted molar refractivity (Wildman–Crippen MR) is 56.3 cm³/mol. The van der Waals surface area contributed by atoms with Crippen LogP contribution < -0.4 is 11.3 Å². The first-order chi connectivity index (χ1) is 6.35. The summed E-state index contributed by atoms with van der Waals surface area (Å²) >= 11 is 0. The smallest absolute Gasteiger partial charge is 0.0481 e. The molecular formula is C10H22N2O. The molecule has 0 amide bonds. The van der Waals surface area contributed by atoms with Crippen molar-refractivity contribution in [2.75, 3.05) is 13.2 Å². The Morgan fingerprint density at radius 2 is 2.31 bits per heavy atom. The zero-order chi connectivity index (χ0) is 9.94. The molecule has 0 rings (SSSR count). The van der Waals surface area contributed by atoms with Crippen LogP contribution in [-0.2, 0) is 4.74 Å². The number of nitrogens with two attached hydrogens (primary N) is 1. The van der Waals surface area contributed by atoms with Crippen molar-refractivity contribution in [3.63, 3.8) is 0 Å². The number of rotatable bonds is 9. The van der Waals surface area contributed by atoms with E-state index in [4.69, 9.17) is 10.6 Å². The van der Waals surface area contributed by atoms with Gasteiger partial charge in [-0.2, -0.15) is 0 Å². The van der Waals surface area contributed by atoms with Crippen LogP contribution in [0.25, 0.3) is 0 Å². The Balaban J connectivity index is 3.33. The highest BCUT2D eigenvalue weighted by atomic mass is 16.5. The maximum atomic E-state index is 5.41. The Hall–Kier alpha value is -0.380. The van der Waals surface area contributed by atoms with E-state index in [1.54, 1.807) is 0 Å². The van der Waals surface area contributed by atoms with E-state index in [-0.39, 0.29) is 0 Å². The van der Waals surface area contributed by atoms with Crippen LogP contribution in [-0.4, -0.2) is 19.3 Å². The lowest BCUT2D eigenvalue weighted by Crippen LogP contribution is -2.35. The number of hydrazine groups is 1. The summed E-state index contributed by atoms with van der Waals surface area (Å²) in [5.41, 5.74) is 2.81. The largest absolute Gasteiger partial charge is 0.382 e. The number of hydrogen-bond acceptors (Lipinski definition) is 3. The van der Waals surface area contributed by atoms with Gasteiger partial charge in [0.2, 0.25) is 0 Å². The van der Waals surface area contributed by atoms with Crippen molar-refractivity contribution in [3.8, 4) is 0 Å². The van der Waals surface area contributed by atoms with Crippen LogP contribution in [0.2, 0.25) is 0 Å². The summed E-state index contributed by atoms with van der Waals surface area (Å²) in [5, 5.41) is 0. The van der Waals surface area contributed by atoms with Gasteiger partial charge in [-0.25, -0.2) is 0 Å². The minimum Gasteiger partial charge on any atom is -0.382 e. The van der Waals surface area contributed by atoms with Crippen LogP contribution in [0.4, 0.5) is 0 Å². The van der Waals surface area contributed by atoms with Crippen LogP contribution in [0, 0.1) is 0 Å². The van der Waals surface area contributed by atoms with E-state index in [1.165, 1.54) is 0 Å². The monoisotopic (exact) mass is 186 g/mol. The molecule has 1 unspecified atom stereocenters. The summed E-state index contributed by atoms with van der Waals surface area (Å²) in [5.74, 6) is 5.41. The maximum absolute atomic E-state index is 5.41. The highest BCUT2D eigenvalue weighted by Crippen LogP contribution is 2.04. The zero-order valence-corrected chi connectivity index (χ0v) is 8.59. The molecule has 78 valence electrons. The van der Waals surface area contributed by atoms with Crippen molar-refractivity contribution in [2.24, 2.45) is 5.84 Å². The van der Waals surface area contributed by atoms with Gasteiger partial charge in [-0.05, 0) is 32.6 Å². The van der Waals surface area contributed by atoms with Crippen molar-refractivity contribution >= 4 is 0 Å². The molecule has 0 aliphatic rings. The summed E-state index contributed by atoms with van der Waals surface area (Å²) in [6, 6.07) is 0.381. The molecule has 1 atom stereocenters. The first-order valence-electron chi connectivity index (χ1n) is 4.99. The highest BCUT2D eigenvalue weighted by molar-refractivity contribution is 4.69. The second-order valence-electron chi connectivity index (χ2n) is 3.07. The van der Waals surface area contributed by atoms with Gasteiger partial charge in [-0.1, -0.05) is 6.08 Å². The first kappa shape index (κ1) is 12.6. The minimum atomic E-state index is 0.381. The van der Waals surface area contributed by atoms with Gasteiger partial charge >= 0.3 is 0 Å². The lowest BCUT2D eigenvalue weighted by atomic mass is 10.1. The normalized spacial score (nSPS) is 12.8. The average Bonchev–Trinajstić information content (AvgIpc) is 2.16. The lowest BCUT2D eigenvalue weighted by Gasteiger charge is -2.14. The number of hydrogen-bond donors (Lipinski definition) is 2. The molecule has 0 spiro atoms. The number of unbranched alkanes of at least 4 members (excludes halogenated alkanes) is 1. The van der Waals surface area contributed by atoms with Gasteiger partial charge in [0.05, 0.1) is 0 Å². The summed E-state index contributed by atoms with van der Waals surface area (Å²) in [4.78, 5) is 0. The topological polar surface area (TPSA) is 47.3 Å². The third-order valence-corrected chi connectivity index (χ3v) is 2.01. The van der Waals surface area contributed by atoms with E-state index < -0.39 is 0 Å². The zero-order valence-electron chi connectivity index (χ0n) is 8.59. The lowest BCUT2D eigenvalue weighted by molar-refractivity contribution is 0.135. The van der Waals surface area contributed by atoms with Crippen LogP contribution in [0.3, 0.4) is 0 Å². The summed E-state index contributed by atoms with van der Waals surface area (Å²) in [6.45, 7) is 7.26. The molecule has 0 heterocycles. The SMILES string of the molecule is C=CCCCC(CCOCC)NN. The molecule has 0 radical (unpaired) electrons.